The Bertz CT molecular complexity index is 6190. The van der Waals surface area contributed by atoms with Crippen molar-refractivity contribution in [2.24, 2.45) is 0 Å². The summed E-state index contributed by atoms with van der Waals surface area (Å²) < 4.78 is 18.5. The number of hydrogen-bond acceptors (Lipinski definition) is 8. The molecule has 2 aliphatic carbocycles. The molecule has 21 rings (SSSR count). The molecule has 13 aromatic carbocycles. The largest absolute Gasteiger partial charge is 0.484 e. The molecule has 4 aliphatic rings. The number of aromatic nitrogens is 8. The van der Waals surface area contributed by atoms with Gasteiger partial charge in [-0.05, 0) is 94.1 Å². The highest BCUT2D eigenvalue weighted by Crippen LogP contribution is 2.57. The lowest BCUT2D eigenvalue weighted by atomic mass is 9.82. The molecule has 2 aliphatic heterocycles. The number of fused-ring (bicyclic) bond motifs is 14. The molecule has 4 aromatic heterocycles. The molecule has 0 radical (unpaired) electrons. The van der Waals surface area contributed by atoms with E-state index in [1.54, 1.807) is 0 Å². The smallest absolute Gasteiger partial charge is 0.164 e. The van der Waals surface area contributed by atoms with Crippen molar-refractivity contribution in [1.29, 1.82) is 0 Å². The second-order valence-corrected chi connectivity index (χ2v) is 27.1. The number of benzene rings is 13. The zero-order valence-corrected chi connectivity index (χ0v) is 57.3. The highest BCUT2D eigenvalue weighted by Gasteiger charge is 2.43. The molecule has 500 valence electrons. The van der Waals surface area contributed by atoms with Gasteiger partial charge in [-0.15, -0.1) is 0 Å². The molecule has 0 N–H and O–H groups in total. The fourth-order valence-corrected chi connectivity index (χ4v) is 16.0. The van der Waals surface area contributed by atoms with Gasteiger partial charge in [0.05, 0.1) is 22.4 Å². The lowest BCUT2D eigenvalue weighted by Crippen LogP contribution is -2.13. The van der Waals surface area contributed by atoms with E-state index in [0.29, 0.717) is 34.9 Å². The van der Waals surface area contributed by atoms with Gasteiger partial charge in [0.25, 0.3) is 0 Å². The number of para-hydroxylation sites is 4. The van der Waals surface area contributed by atoms with Crippen LogP contribution in [-0.4, -0.2) is 39.0 Å². The monoisotopic (exact) mass is 1360 g/mol. The van der Waals surface area contributed by atoms with Gasteiger partial charge in [-0.3, -0.25) is 0 Å². The SMILES string of the molecule is C1=CC2c3c(cccc3-c3ccc(-c4nc(-c5ccccc5)nc(-c5ccc(-c6ccccc6)cc5)n4)cc3)OC2c2c1n(-c1ccccc1)c1ccccc21.C1=CC2c3c(cccc3-c3ccc(-c4nc(-c5ccccc5)nc(-c5ccccc5)n4)cc3)OC2c2c1n(-c1ccccc1)c1ccccc21. The van der Waals surface area contributed by atoms with Gasteiger partial charge in [0.15, 0.2) is 34.9 Å². The molecule has 0 fully saturated rings. The fraction of sp³-hybridized carbons (Fsp3) is 0.0417. The second kappa shape index (κ2) is 26.1. The summed E-state index contributed by atoms with van der Waals surface area (Å²) >= 11 is 0. The maximum absolute atomic E-state index is 6.90. The van der Waals surface area contributed by atoms with Gasteiger partial charge in [0.2, 0.25) is 0 Å². The van der Waals surface area contributed by atoms with E-state index in [4.69, 9.17) is 39.4 Å². The van der Waals surface area contributed by atoms with Gasteiger partial charge in [-0.1, -0.05) is 303 Å². The predicted molar refractivity (Wildman–Crippen MR) is 425 cm³/mol. The molecule has 0 amide bonds. The van der Waals surface area contributed by atoms with Gasteiger partial charge >= 0.3 is 0 Å². The molecule has 4 atom stereocenters. The van der Waals surface area contributed by atoms with Crippen molar-refractivity contribution in [1.82, 2.24) is 39.0 Å². The molecule has 10 heteroatoms. The van der Waals surface area contributed by atoms with E-state index in [0.717, 1.165) is 72.9 Å². The third kappa shape index (κ3) is 10.9. The van der Waals surface area contributed by atoms with Crippen LogP contribution in [0.15, 0.2) is 352 Å². The van der Waals surface area contributed by atoms with Gasteiger partial charge in [-0.2, -0.15) is 0 Å². The van der Waals surface area contributed by atoms with E-state index in [2.05, 4.69) is 276 Å². The summed E-state index contributed by atoms with van der Waals surface area (Å²) in [6.07, 6.45) is 9.01. The Morgan fingerprint density at radius 3 is 0.849 bits per heavy atom. The van der Waals surface area contributed by atoms with Crippen LogP contribution in [0.4, 0.5) is 0 Å². The minimum absolute atomic E-state index is 0.0798. The standard InChI is InChI=1S/C51H34N4O.C45H30N4O/c1-4-13-33(14-5-1)34-23-27-37(28-24-34)50-52-49(36-15-6-2-7-16-36)53-51(54-50)38-29-25-35(26-30-38)40-20-12-22-45-46(40)42-31-32-44-47(48(42)56-45)41-19-10-11-21-43(41)55(44)39-17-8-3-9-18-39;1-4-13-30(14-5-1)43-46-44(31-15-6-2-7-16-31)48-45(47-43)32-25-23-29(24-26-32)34-20-12-22-39-40(34)36-27-28-38-41(42(36)50-39)35-19-10-11-21-37(35)49(38)33-17-8-3-9-18-33/h1-32,42,48H;1-28,36,42H. The number of hydrogen-bond donors (Lipinski definition) is 0. The molecule has 106 heavy (non-hydrogen) atoms. The van der Waals surface area contributed by atoms with E-state index in [1.807, 2.05) is 97.1 Å². The van der Waals surface area contributed by atoms with Crippen LogP contribution in [0.3, 0.4) is 0 Å². The van der Waals surface area contributed by atoms with Crippen LogP contribution in [0.25, 0.3) is 147 Å². The molecular weight excluding hydrogens is 1300 g/mol. The lowest BCUT2D eigenvalue weighted by Gasteiger charge is -2.23. The van der Waals surface area contributed by atoms with Crippen molar-refractivity contribution in [2.75, 3.05) is 0 Å². The molecule has 0 bridgehead atoms. The number of ether oxygens (including phenoxy) is 2. The molecule has 0 saturated carbocycles. The Morgan fingerprint density at radius 2 is 0.500 bits per heavy atom. The Labute approximate surface area is 613 Å². The van der Waals surface area contributed by atoms with Crippen LogP contribution in [0.2, 0.25) is 0 Å². The van der Waals surface area contributed by atoms with E-state index in [9.17, 15) is 0 Å². The topological polar surface area (TPSA) is 106 Å². The zero-order chi connectivity index (χ0) is 70.0. The predicted octanol–water partition coefficient (Wildman–Crippen LogP) is 23.1. The van der Waals surface area contributed by atoms with Crippen molar-refractivity contribution in [3.8, 4) is 125 Å². The first-order valence-corrected chi connectivity index (χ1v) is 36.0. The average molecular weight is 1360 g/mol. The van der Waals surface area contributed by atoms with Crippen molar-refractivity contribution in [2.45, 2.75) is 24.0 Å². The van der Waals surface area contributed by atoms with Crippen LogP contribution >= 0.6 is 0 Å². The number of rotatable bonds is 11. The number of nitrogens with zero attached hydrogens (tertiary/aromatic N) is 8. The quantitative estimate of drug-likeness (QED) is 0.126. The third-order valence-electron chi connectivity index (χ3n) is 20.9. The van der Waals surface area contributed by atoms with Gasteiger partial charge in [0, 0.05) is 89.6 Å². The maximum atomic E-state index is 6.90. The molecule has 17 aromatic rings. The van der Waals surface area contributed by atoms with E-state index < -0.39 is 0 Å². The van der Waals surface area contributed by atoms with Gasteiger partial charge < -0.3 is 18.6 Å². The van der Waals surface area contributed by atoms with E-state index in [1.165, 1.54) is 72.1 Å². The van der Waals surface area contributed by atoms with E-state index >= 15 is 0 Å². The summed E-state index contributed by atoms with van der Waals surface area (Å²) in [7, 11) is 0. The van der Waals surface area contributed by atoms with Crippen LogP contribution in [0, 0.1) is 0 Å². The first-order valence-electron chi connectivity index (χ1n) is 36.0. The van der Waals surface area contributed by atoms with Crippen molar-refractivity contribution in [3.63, 3.8) is 0 Å². The molecule has 0 spiro atoms. The van der Waals surface area contributed by atoms with E-state index in [-0.39, 0.29) is 24.0 Å². The highest BCUT2D eigenvalue weighted by atomic mass is 16.5. The summed E-state index contributed by atoms with van der Waals surface area (Å²) in [4.78, 5) is 29.7. The normalized spacial score (nSPS) is 15.4. The highest BCUT2D eigenvalue weighted by molar-refractivity contribution is 5.94. The van der Waals surface area contributed by atoms with Crippen LogP contribution in [0.1, 0.15) is 57.7 Å². The Hall–Kier alpha value is -14.0. The van der Waals surface area contributed by atoms with Gasteiger partial charge in [-0.25, -0.2) is 29.9 Å². The molecule has 4 unspecified atom stereocenters. The summed E-state index contributed by atoms with van der Waals surface area (Å²) in [6.45, 7) is 0. The molecule has 0 saturated heterocycles. The van der Waals surface area contributed by atoms with Crippen molar-refractivity contribution < 1.29 is 9.47 Å². The van der Waals surface area contributed by atoms with Crippen LogP contribution < -0.4 is 9.47 Å². The summed E-state index contributed by atoms with van der Waals surface area (Å²) in [5.41, 5.74) is 24.5. The minimum atomic E-state index is -0.123. The average Bonchev–Trinajstić information content (AvgIpc) is 1.57. The molecule has 6 heterocycles. The Kier molecular flexibility index (Phi) is 15.3. The Morgan fingerprint density at radius 1 is 0.226 bits per heavy atom. The van der Waals surface area contributed by atoms with Gasteiger partial charge in [0.1, 0.15) is 23.7 Å². The first-order chi connectivity index (χ1) is 52.6. The van der Waals surface area contributed by atoms with Crippen molar-refractivity contribution in [3.05, 3.63) is 386 Å². The van der Waals surface area contributed by atoms with Crippen molar-refractivity contribution >= 4 is 34.0 Å². The third-order valence-corrected chi connectivity index (χ3v) is 20.9. The maximum Gasteiger partial charge on any atom is 0.164 e. The lowest BCUT2D eigenvalue weighted by molar-refractivity contribution is 0.224. The summed E-state index contributed by atoms with van der Waals surface area (Å²) in [5.74, 6) is 5.90. The minimum Gasteiger partial charge on any atom is -0.484 e. The zero-order valence-electron chi connectivity index (χ0n) is 57.3. The second-order valence-electron chi connectivity index (χ2n) is 27.1. The summed E-state index contributed by atoms with van der Waals surface area (Å²) in [5, 5.41) is 2.45. The fourth-order valence-electron chi connectivity index (χ4n) is 16.0. The molecular formula is C96H64N8O2. The first kappa shape index (κ1) is 61.9. The van der Waals surface area contributed by atoms with Crippen LogP contribution in [0.5, 0.6) is 11.5 Å². The van der Waals surface area contributed by atoms with Crippen LogP contribution in [-0.2, 0) is 0 Å². The Balaban J connectivity index is 0.000000141. The summed E-state index contributed by atoms with van der Waals surface area (Å²) in [6, 6.07) is 118. The molecule has 10 nitrogen and oxygen atoms in total.